The largest absolute Gasteiger partial charge is 0.325 e. The Morgan fingerprint density at radius 1 is 1.00 bits per heavy atom. The number of fused-ring (bicyclic) bond motifs is 1. The minimum atomic E-state index is -3.69. The lowest BCUT2D eigenvalue weighted by molar-refractivity contribution is -0.116. The lowest BCUT2D eigenvalue weighted by atomic mass is 10.1. The monoisotopic (exact) mass is 402 g/mol. The van der Waals surface area contributed by atoms with Gasteiger partial charge in [-0.15, -0.1) is 0 Å². The number of carbonyl (C=O) groups is 1. The van der Waals surface area contributed by atoms with Crippen molar-refractivity contribution in [2.75, 3.05) is 11.9 Å². The zero-order valence-electron chi connectivity index (χ0n) is 14.7. The Kier molecular flexibility index (Phi) is 5.79. The van der Waals surface area contributed by atoms with Crippen LogP contribution in [0.3, 0.4) is 0 Å². The van der Waals surface area contributed by atoms with Crippen LogP contribution in [-0.2, 0) is 14.8 Å². The van der Waals surface area contributed by atoms with Gasteiger partial charge in [-0.25, -0.2) is 13.1 Å². The van der Waals surface area contributed by atoms with Gasteiger partial charge in [-0.1, -0.05) is 48.0 Å². The van der Waals surface area contributed by atoms with Gasteiger partial charge >= 0.3 is 0 Å². The van der Waals surface area contributed by atoms with Gasteiger partial charge in [-0.2, -0.15) is 0 Å². The molecular formula is C20H19ClN2O3S. The third-order valence-electron chi connectivity index (χ3n) is 4.07. The molecule has 0 heterocycles. The molecule has 3 aromatic carbocycles. The van der Waals surface area contributed by atoms with Crippen molar-refractivity contribution in [3.05, 3.63) is 71.2 Å². The summed E-state index contributed by atoms with van der Waals surface area (Å²) < 4.78 is 27.3. The summed E-state index contributed by atoms with van der Waals surface area (Å²) in [4.78, 5) is 12.2. The molecule has 0 aromatic heterocycles. The highest BCUT2D eigenvalue weighted by Crippen LogP contribution is 2.23. The fourth-order valence-electron chi connectivity index (χ4n) is 2.65. The number of carbonyl (C=O) groups excluding carboxylic acids is 1. The highest BCUT2D eigenvalue weighted by atomic mass is 35.5. The summed E-state index contributed by atoms with van der Waals surface area (Å²) in [6, 6.07) is 17.8. The maximum absolute atomic E-state index is 12.4. The number of hydrogen-bond donors (Lipinski definition) is 2. The lowest BCUT2D eigenvalue weighted by Gasteiger charge is -2.10. The van der Waals surface area contributed by atoms with Crippen LogP contribution >= 0.6 is 11.6 Å². The topological polar surface area (TPSA) is 75.3 Å². The molecule has 0 bridgehead atoms. The maximum Gasteiger partial charge on any atom is 0.240 e. The number of hydrogen-bond acceptors (Lipinski definition) is 3. The summed E-state index contributed by atoms with van der Waals surface area (Å²) in [7, 11) is -3.69. The van der Waals surface area contributed by atoms with Crippen LogP contribution in [-0.4, -0.2) is 20.9 Å². The van der Waals surface area contributed by atoms with Crippen molar-refractivity contribution in [3.8, 4) is 0 Å². The number of amides is 1. The molecule has 0 saturated heterocycles. The van der Waals surface area contributed by atoms with Crippen LogP contribution in [0.1, 0.15) is 12.0 Å². The van der Waals surface area contributed by atoms with Crippen LogP contribution < -0.4 is 10.0 Å². The molecule has 0 aliphatic carbocycles. The summed E-state index contributed by atoms with van der Waals surface area (Å²) in [6.07, 6.45) is -0.00296. The van der Waals surface area contributed by atoms with Crippen molar-refractivity contribution >= 4 is 44.0 Å². The number of sulfonamides is 1. The molecule has 0 fully saturated rings. The van der Waals surface area contributed by atoms with Gasteiger partial charge in [0, 0.05) is 13.0 Å². The van der Waals surface area contributed by atoms with E-state index >= 15 is 0 Å². The zero-order valence-corrected chi connectivity index (χ0v) is 16.3. The molecule has 27 heavy (non-hydrogen) atoms. The van der Waals surface area contributed by atoms with Gasteiger partial charge in [0.25, 0.3) is 0 Å². The van der Waals surface area contributed by atoms with E-state index in [0.717, 1.165) is 16.3 Å². The molecular weight excluding hydrogens is 384 g/mol. The van der Waals surface area contributed by atoms with Gasteiger partial charge in [-0.05, 0) is 47.5 Å². The zero-order chi connectivity index (χ0) is 19.4. The number of halogens is 1. The molecule has 2 N–H and O–H groups in total. The van der Waals surface area contributed by atoms with E-state index in [4.69, 9.17) is 11.6 Å². The van der Waals surface area contributed by atoms with E-state index in [2.05, 4.69) is 10.0 Å². The molecule has 0 saturated carbocycles. The average Bonchev–Trinajstić information content (AvgIpc) is 2.63. The number of rotatable bonds is 6. The van der Waals surface area contributed by atoms with Crippen molar-refractivity contribution in [2.45, 2.75) is 18.2 Å². The van der Waals surface area contributed by atoms with Gasteiger partial charge in [0.05, 0.1) is 15.6 Å². The highest BCUT2D eigenvalue weighted by molar-refractivity contribution is 7.89. The standard InChI is InChI=1S/C20H19ClN2O3S/c1-14-6-9-19(18(21)12-14)23-20(24)10-11-22-27(25,26)17-8-7-15-4-2-3-5-16(15)13-17/h2-9,12-13,22H,10-11H2,1H3,(H,23,24). The summed E-state index contributed by atoms with van der Waals surface area (Å²) in [5.41, 5.74) is 1.49. The van der Waals surface area contributed by atoms with E-state index in [9.17, 15) is 13.2 Å². The summed E-state index contributed by atoms with van der Waals surface area (Å²) in [6.45, 7) is 1.89. The first-order valence-corrected chi connectivity index (χ1v) is 10.3. The SMILES string of the molecule is Cc1ccc(NC(=O)CCNS(=O)(=O)c2ccc3ccccc3c2)c(Cl)c1. The fourth-order valence-corrected chi connectivity index (χ4v) is 4.00. The van der Waals surface area contributed by atoms with E-state index in [1.165, 1.54) is 0 Å². The molecule has 3 aromatic rings. The minimum Gasteiger partial charge on any atom is -0.325 e. The second-order valence-corrected chi connectivity index (χ2v) is 8.36. The summed E-state index contributed by atoms with van der Waals surface area (Å²) >= 11 is 6.08. The summed E-state index contributed by atoms with van der Waals surface area (Å²) in [5.74, 6) is -0.318. The first kappa shape index (κ1) is 19.4. The van der Waals surface area contributed by atoms with Crippen LogP contribution in [0.25, 0.3) is 10.8 Å². The molecule has 0 aliphatic rings. The molecule has 0 radical (unpaired) electrons. The lowest BCUT2D eigenvalue weighted by Crippen LogP contribution is -2.27. The van der Waals surface area contributed by atoms with Crippen LogP contribution in [0.15, 0.2) is 65.6 Å². The smallest absolute Gasteiger partial charge is 0.240 e. The third kappa shape index (κ3) is 4.86. The second kappa shape index (κ2) is 8.08. The average molecular weight is 403 g/mol. The van der Waals surface area contributed by atoms with Crippen LogP contribution in [0, 0.1) is 6.92 Å². The van der Waals surface area contributed by atoms with E-state index < -0.39 is 10.0 Å². The summed E-state index contributed by atoms with van der Waals surface area (Å²) in [5, 5.41) is 4.93. The quantitative estimate of drug-likeness (QED) is 0.651. The van der Waals surface area contributed by atoms with Crippen molar-refractivity contribution in [2.24, 2.45) is 0 Å². The van der Waals surface area contributed by atoms with E-state index in [-0.39, 0.29) is 23.8 Å². The molecule has 0 aliphatic heterocycles. The van der Waals surface area contributed by atoms with E-state index in [0.29, 0.717) is 10.7 Å². The van der Waals surface area contributed by atoms with Crippen molar-refractivity contribution in [1.29, 1.82) is 0 Å². The van der Waals surface area contributed by atoms with Gasteiger partial charge in [0.15, 0.2) is 0 Å². The predicted octanol–water partition coefficient (Wildman–Crippen LogP) is 4.11. The Hall–Kier alpha value is -2.41. The van der Waals surface area contributed by atoms with Gasteiger partial charge in [-0.3, -0.25) is 4.79 Å². The van der Waals surface area contributed by atoms with Crippen molar-refractivity contribution < 1.29 is 13.2 Å². The van der Waals surface area contributed by atoms with E-state index in [1.807, 2.05) is 37.3 Å². The molecule has 3 rings (SSSR count). The molecule has 140 valence electrons. The van der Waals surface area contributed by atoms with Gasteiger partial charge in [0.2, 0.25) is 15.9 Å². The Labute approximate surface area is 163 Å². The van der Waals surface area contributed by atoms with Gasteiger partial charge < -0.3 is 5.32 Å². The molecule has 1 amide bonds. The Morgan fingerprint density at radius 3 is 2.48 bits per heavy atom. The van der Waals surface area contributed by atoms with Crippen molar-refractivity contribution in [1.82, 2.24) is 4.72 Å². The Balaban J connectivity index is 1.60. The second-order valence-electron chi connectivity index (χ2n) is 6.19. The van der Waals surface area contributed by atoms with Crippen LogP contribution in [0.4, 0.5) is 5.69 Å². The number of benzene rings is 3. The number of nitrogens with one attached hydrogen (secondary N) is 2. The number of anilines is 1. The molecule has 0 spiro atoms. The van der Waals surface area contributed by atoms with Crippen LogP contribution in [0.5, 0.6) is 0 Å². The number of aryl methyl sites for hydroxylation is 1. The van der Waals surface area contributed by atoms with Crippen molar-refractivity contribution in [3.63, 3.8) is 0 Å². The van der Waals surface area contributed by atoms with E-state index in [1.54, 1.807) is 30.3 Å². The molecule has 0 unspecified atom stereocenters. The third-order valence-corrected chi connectivity index (χ3v) is 5.85. The normalized spacial score (nSPS) is 11.5. The maximum atomic E-state index is 12.4. The first-order valence-electron chi connectivity index (χ1n) is 8.40. The molecule has 5 nitrogen and oxygen atoms in total. The fraction of sp³-hybridized carbons (Fsp3) is 0.150. The van der Waals surface area contributed by atoms with Gasteiger partial charge in [0.1, 0.15) is 0 Å². The van der Waals surface area contributed by atoms with Crippen LogP contribution in [0.2, 0.25) is 5.02 Å². The predicted molar refractivity (Wildman–Crippen MR) is 109 cm³/mol. The Morgan fingerprint density at radius 2 is 1.74 bits per heavy atom. The molecule has 7 heteroatoms. The minimum absolute atomic E-state index is 0.00296. The highest BCUT2D eigenvalue weighted by Gasteiger charge is 2.15. The molecule has 0 atom stereocenters. The Bertz CT molecular complexity index is 1100. The first-order chi connectivity index (χ1) is 12.8.